The van der Waals surface area contributed by atoms with E-state index in [2.05, 4.69) is 26.0 Å². The van der Waals surface area contributed by atoms with Gasteiger partial charge in [0.1, 0.15) is 11.0 Å². The molecule has 1 aromatic heterocycles. The molecule has 9 nitrogen and oxygen atoms in total. The summed E-state index contributed by atoms with van der Waals surface area (Å²) in [5, 5.41) is 16.1. The third-order valence-electron chi connectivity index (χ3n) is 3.85. The molecule has 1 aliphatic rings. The van der Waals surface area contributed by atoms with Gasteiger partial charge in [-0.05, 0) is 25.0 Å². The second-order valence-corrected chi connectivity index (χ2v) is 7.51. The number of benzene rings is 1. The highest BCUT2D eigenvalue weighted by Crippen LogP contribution is 2.19. The van der Waals surface area contributed by atoms with Crippen LogP contribution in [0.25, 0.3) is 11.0 Å². The van der Waals surface area contributed by atoms with Crippen LogP contribution in [0.1, 0.15) is 12.8 Å². The van der Waals surface area contributed by atoms with E-state index in [1.165, 1.54) is 10.6 Å². The summed E-state index contributed by atoms with van der Waals surface area (Å²) in [5.41, 5.74) is 1.83. The number of para-hydroxylation sites is 1. The van der Waals surface area contributed by atoms with Gasteiger partial charge in [-0.3, -0.25) is 0 Å². The lowest BCUT2D eigenvalue weighted by atomic mass is 10.1. The third-order valence-corrected chi connectivity index (χ3v) is 5.16. The van der Waals surface area contributed by atoms with Gasteiger partial charge < -0.3 is 10.6 Å². The Bertz CT molecular complexity index is 810. The summed E-state index contributed by atoms with van der Waals surface area (Å²) < 4.78 is 24.4. The van der Waals surface area contributed by atoms with E-state index in [0.717, 1.165) is 0 Å². The van der Waals surface area contributed by atoms with Crippen molar-refractivity contribution in [2.75, 3.05) is 24.7 Å². The quantitative estimate of drug-likeness (QED) is 0.753. The molecule has 124 valence electrons. The normalized spacial score (nSPS) is 17.3. The highest BCUT2D eigenvalue weighted by atomic mass is 32.2. The summed E-state index contributed by atoms with van der Waals surface area (Å²) in [6.07, 6.45) is 2.38. The van der Waals surface area contributed by atoms with Crippen LogP contribution in [0.3, 0.4) is 0 Å². The number of piperidine rings is 1. The number of amides is 2. The number of carbonyl (C=O) groups is 1. The molecule has 1 saturated heterocycles. The summed E-state index contributed by atoms with van der Waals surface area (Å²) in [6.45, 7) is 0.839. The van der Waals surface area contributed by atoms with Crippen LogP contribution in [0.15, 0.2) is 18.2 Å². The van der Waals surface area contributed by atoms with E-state index in [4.69, 9.17) is 0 Å². The minimum absolute atomic E-state index is 0.0514. The van der Waals surface area contributed by atoms with Crippen LogP contribution in [0, 0.1) is 0 Å². The zero-order valence-corrected chi connectivity index (χ0v) is 13.4. The van der Waals surface area contributed by atoms with Gasteiger partial charge in [0.05, 0.1) is 11.9 Å². The standard InChI is InChI=1S/C13H18N6O3S/c1-23(21,22)19-7-5-9(6-8-19)14-13(20)15-10-3-2-4-11-12(10)17-18-16-11/h2-4,9H,5-8H2,1H3,(H2,14,15,20)(H,16,17,18). The van der Waals surface area contributed by atoms with Gasteiger partial charge in [-0.1, -0.05) is 6.07 Å². The Labute approximate surface area is 133 Å². The Hall–Kier alpha value is -2.20. The molecular formula is C13H18N6O3S. The molecule has 23 heavy (non-hydrogen) atoms. The maximum Gasteiger partial charge on any atom is 0.319 e. The summed E-state index contributed by atoms with van der Waals surface area (Å²) in [5.74, 6) is 0. The first-order chi connectivity index (χ1) is 10.9. The van der Waals surface area contributed by atoms with Crippen LogP contribution in [-0.2, 0) is 10.0 Å². The van der Waals surface area contributed by atoms with E-state index >= 15 is 0 Å². The molecule has 0 spiro atoms. The minimum Gasteiger partial charge on any atom is -0.335 e. The SMILES string of the molecule is CS(=O)(=O)N1CCC(NC(=O)Nc2cccc3n[nH]nc23)CC1. The highest BCUT2D eigenvalue weighted by molar-refractivity contribution is 7.88. The fourth-order valence-electron chi connectivity index (χ4n) is 2.64. The molecular weight excluding hydrogens is 320 g/mol. The van der Waals surface area contributed by atoms with Gasteiger partial charge in [0.25, 0.3) is 0 Å². The van der Waals surface area contributed by atoms with Crippen molar-refractivity contribution >= 4 is 32.8 Å². The molecule has 1 aromatic carbocycles. The van der Waals surface area contributed by atoms with E-state index in [1.54, 1.807) is 18.2 Å². The second kappa shape index (κ2) is 6.13. The van der Waals surface area contributed by atoms with Crippen molar-refractivity contribution in [2.24, 2.45) is 0 Å². The van der Waals surface area contributed by atoms with Gasteiger partial charge in [-0.2, -0.15) is 15.4 Å². The van der Waals surface area contributed by atoms with Crippen molar-refractivity contribution in [3.63, 3.8) is 0 Å². The maximum absolute atomic E-state index is 12.1. The average molecular weight is 338 g/mol. The van der Waals surface area contributed by atoms with E-state index in [1.807, 2.05) is 0 Å². The Morgan fingerprint density at radius 2 is 2.04 bits per heavy atom. The molecule has 10 heteroatoms. The van der Waals surface area contributed by atoms with Gasteiger partial charge in [-0.25, -0.2) is 17.5 Å². The molecule has 0 bridgehead atoms. The number of urea groups is 1. The fraction of sp³-hybridized carbons (Fsp3) is 0.462. The number of sulfonamides is 1. The lowest BCUT2D eigenvalue weighted by molar-refractivity contribution is 0.238. The van der Waals surface area contributed by atoms with Crippen LogP contribution < -0.4 is 10.6 Å². The fourth-order valence-corrected chi connectivity index (χ4v) is 3.52. The summed E-state index contributed by atoms with van der Waals surface area (Å²) in [6, 6.07) is 4.94. The van der Waals surface area contributed by atoms with Gasteiger partial charge in [0.15, 0.2) is 0 Å². The minimum atomic E-state index is -3.16. The number of carbonyl (C=O) groups excluding carboxylic acids is 1. The molecule has 2 aromatic rings. The maximum atomic E-state index is 12.1. The van der Waals surface area contributed by atoms with Gasteiger partial charge in [0.2, 0.25) is 10.0 Å². The Balaban J connectivity index is 1.57. The van der Waals surface area contributed by atoms with Gasteiger partial charge >= 0.3 is 6.03 Å². The molecule has 1 aliphatic heterocycles. The van der Waals surface area contributed by atoms with Crippen molar-refractivity contribution in [3.8, 4) is 0 Å². The summed E-state index contributed by atoms with van der Waals surface area (Å²) in [7, 11) is -3.16. The van der Waals surface area contributed by atoms with E-state index in [0.29, 0.717) is 42.7 Å². The van der Waals surface area contributed by atoms with Crippen LogP contribution in [0.4, 0.5) is 10.5 Å². The molecule has 2 amide bonds. The van der Waals surface area contributed by atoms with Crippen molar-refractivity contribution in [3.05, 3.63) is 18.2 Å². The smallest absolute Gasteiger partial charge is 0.319 e. The van der Waals surface area contributed by atoms with Crippen molar-refractivity contribution < 1.29 is 13.2 Å². The van der Waals surface area contributed by atoms with E-state index in [9.17, 15) is 13.2 Å². The lowest BCUT2D eigenvalue weighted by Gasteiger charge is -2.30. The van der Waals surface area contributed by atoms with Crippen molar-refractivity contribution in [1.82, 2.24) is 25.0 Å². The number of anilines is 1. The van der Waals surface area contributed by atoms with Gasteiger partial charge in [0, 0.05) is 19.1 Å². The largest absolute Gasteiger partial charge is 0.335 e. The first-order valence-corrected chi connectivity index (χ1v) is 9.10. The second-order valence-electron chi connectivity index (χ2n) is 5.53. The number of hydrogen-bond acceptors (Lipinski definition) is 5. The van der Waals surface area contributed by atoms with Gasteiger partial charge in [-0.15, -0.1) is 0 Å². The first kappa shape index (κ1) is 15.7. The average Bonchev–Trinajstić information content (AvgIpc) is 2.96. The monoisotopic (exact) mass is 338 g/mol. The van der Waals surface area contributed by atoms with E-state index in [-0.39, 0.29) is 12.1 Å². The number of aromatic amines is 1. The van der Waals surface area contributed by atoms with Crippen LogP contribution in [0.5, 0.6) is 0 Å². The number of rotatable bonds is 3. The summed E-state index contributed by atoms with van der Waals surface area (Å²) >= 11 is 0. The molecule has 0 atom stereocenters. The topological polar surface area (TPSA) is 120 Å². The molecule has 3 rings (SSSR count). The van der Waals surface area contributed by atoms with Crippen molar-refractivity contribution in [1.29, 1.82) is 0 Å². The molecule has 1 fully saturated rings. The van der Waals surface area contributed by atoms with Crippen LogP contribution >= 0.6 is 0 Å². The highest BCUT2D eigenvalue weighted by Gasteiger charge is 2.25. The molecule has 0 radical (unpaired) electrons. The predicted octanol–water partition coefficient (Wildman–Crippen LogP) is 0.503. The summed E-state index contributed by atoms with van der Waals surface area (Å²) in [4.78, 5) is 12.1. The number of nitrogens with one attached hydrogen (secondary N) is 3. The van der Waals surface area contributed by atoms with Crippen LogP contribution in [-0.4, -0.2) is 59.6 Å². The number of H-pyrrole nitrogens is 1. The zero-order valence-electron chi connectivity index (χ0n) is 12.6. The Morgan fingerprint density at radius 3 is 2.74 bits per heavy atom. The Morgan fingerprint density at radius 1 is 1.30 bits per heavy atom. The Kier molecular flexibility index (Phi) is 4.18. The molecule has 0 saturated carbocycles. The first-order valence-electron chi connectivity index (χ1n) is 7.25. The molecule has 3 N–H and O–H groups in total. The van der Waals surface area contributed by atoms with Crippen LogP contribution in [0.2, 0.25) is 0 Å². The number of aromatic nitrogens is 3. The number of fused-ring (bicyclic) bond motifs is 1. The zero-order chi connectivity index (χ0) is 16.4. The molecule has 2 heterocycles. The number of hydrogen-bond donors (Lipinski definition) is 3. The van der Waals surface area contributed by atoms with E-state index < -0.39 is 10.0 Å². The number of nitrogens with zero attached hydrogens (tertiary/aromatic N) is 3. The lowest BCUT2D eigenvalue weighted by Crippen LogP contribution is -2.47. The van der Waals surface area contributed by atoms with Crippen molar-refractivity contribution in [2.45, 2.75) is 18.9 Å². The molecule has 0 unspecified atom stereocenters. The molecule has 0 aliphatic carbocycles. The third kappa shape index (κ3) is 3.59. The predicted molar refractivity (Wildman–Crippen MR) is 85.5 cm³/mol.